The third-order valence-corrected chi connectivity index (χ3v) is 4.91. The molecule has 0 aliphatic carbocycles. The van der Waals surface area contributed by atoms with Crippen LogP contribution in [-0.2, 0) is 15.8 Å². The van der Waals surface area contributed by atoms with E-state index in [9.17, 15) is 22.8 Å². The van der Waals surface area contributed by atoms with Crippen LogP contribution in [0.15, 0.2) is 24.3 Å². The number of rotatable bonds is 5. The molecule has 9 heteroatoms. The lowest BCUT2D eigenvalue weighted by molar-refractivity contribution is -0.137. The molecule has 0 spiro atoms. The maximum atomic E-state index is 12.7. The van der Waals surface area contributed by atoms with Crippen molar-refractivity contribution in [1.82, 2.24) is 15.1 Å². The number of carbonyl (C=O) groups is 2. The quantitative estimate of drug-likeness (QED) is 0.757. The normalized spacial score (nSPS) is 17.8. The molecule has 2 N–H and O–H groups in total. The Morgan fingerprint density at radius 2 is 1.67 bits per heavy atom. The molecule has 2 rings (SSSR count). The van der Waals surface area contributed by atoms with E-state index in [1.54, 1.807) is 6.92 Å². The third-order valence-electron chi connectivity index (χ3n) is 4.91. The van der Waals surface area contributed by atoms with Gasteiger partial charge in [0.1, 0.15) is 0 Å². The summed E-state index contributed by atoms with van der Waals surface area (Å²) < 4.78 is 38.0. The Morgan fingerprint density at radius 3 is 2.23 bits per heavy atom. The largest absolute Gasteiger partial charge is 0.416 e. The van der Waals surface area contributed by atoms with Crippen molar-refractivity contribution in [2.24, 2.45) is 0 Å². The SMILES string of the molecule is C[C@H](C(=O)Nc1ccc(C(F)(F)F)cc1)N1CCCN(CC(=O)NC(C)(C)C)CC1. The van der Waals surface area contributed by atoms with Crippen LogP contribution in [-0.4, -0.2) is 65.9 Å². The summed E-state index contributed by atoms with van der Waals surface area (Å²) in [4.78, 5) is 28.8. The molecule has 6 nitrogen and oxygen atoms in total. The van der Waals surface area contributed by atoms with Gasteiger partial charge in [0.15, 0.2) is 0 Å². The molecule has 0 bridgehead atoms. The second-order valence-corrected chi connectivity index (χ2v) is 8.70. The van der Waals surface area contributed by atoms with Gasteiger partial charge in [0.05, 0.1) is 18.2 Å². The number of anilines is 1. The highest BCUT2D eigenvalue weighted by atomic mass is 19.4. The van der Waals surface area contributed by atoms with E-state index in [0.717, 1.165) is 25.1 Å². The summed E-state index contributed by atoms with van der Waals surface area (Å²) in [5, 5.41) is 5.63. The van der Waals surface area contributed by atoms with Gasteiger partial charge in [-0.3, -0.25) is 19.4 Å². The highest BCUT2D eigenvalue weighted by Crippen LogP contribution is 2.29. The number of halogens is 3. The van der Waals surface area contributed by atoms with Crippen LogP contribution in [0.2, 0.25) is 0 Å². The predicted octanol–water partition coefficient (Wildman–Crippen LogP) is 2.95. The fourth-order valence-electron chi connectivity index (χ4n) is 3.35. The van der Waals surface area contributed by atoms with Gasteiger partial charge in [0, 0.05) is 30.9 Å². The summed E-state index contributed by atoms with van der Waals surface area (Å²) in [6.45, 7) is 10.7. The first-order chi connectivity index (χ1) is 13.8. The number of nitrogens with zero attached hydrogens (tertiary/aromatic N) is 2. The number of benzene rings is 1. The molecule has 0 radical (unpaired) electrons. The molecule has 1 saturated heterocycles. The Morgan fingerprint density at radius 1 is 1.03 bits per heavy atom. The molecule has 30 heavy (non-hydrogen) atoms. The van der Waals surface area contributed by atoms with E-state index in [-0.39, 0.29) is 17.4 Å². The van der Waals surface area contributed by atoms with Gasteiger partial charge in [-0.15, -0.1) is 0 Å². The molecule has 1 aromatic rings. The number of carbonyl (C=O) groups excluding carboxylic acids is 2. The fraction of sp³-hybridized carbons (Fsp3) is 0.619. The van der Waals surface area contributed by atoms with Gasteiger partial charge >= 0.3 is 6.18 Å². The molecule has 2 amide bonds. The lowest BCUT2D eigenvalue weighted by atomic mass is 10.1. The zero-order valence-electron chi connectivity index (χ0n) is 18.0. The molecule has 0 aromatic heterocycles. The van der Waals surface area contributed by atoms with Gasteiger partial charge in [-0.1, -0.05) is 0 Å². The monoisotopic (exact) mass is 428 g/mol. The second kappa shape index (κ2) is 9.78. The zero-order chi connectivity index (χ0) is 22.5. The van der Waals surface area contributed by atoms with Crippen LogP contribution >= 0.6 is 0 Å². The standard InChI is InChI=1S/C21H31F3N4O2/c1-15(19(30)25-17-8-6-16(7-9-17)21(22,23)24)28-11-5-10-27(12-13-28)14-18(29)26-20(2,3)4/h6-9,15H,5,10-14H2,1-4H3,(H,25,30)(H,26,29)/t15-/m1/s1. The van der Waals surface area contributed by atoms with Crippen LogP contribution in [0.4, 0.5) is 18.9 Å². The van der Waals surface area contributed by atoms with Gasteiger partial charge in [-0.2, -0.15) is 13.2 Å². The van der Waals surface area contributed by atoms with E-state index in [1.165, 1.54) is 12.1 Å². The molecule has 0 saturated carbocycles. The van der Waals surface area contributed by atoms with E-state index >= 15 is 0 Å². The van der Waals surface area contributed by atoms with Crippen molar-refractivity contribution in [2.45, 2.75) is 51.9 Å². The summed E-state index contributed by atoms with van der Waals surface area (Å²) in [6, 6.07) is 3.98. The minimum Gasteiger partial charge on any atom is -0.350 e. The van der Waals surface area contributed by atoms with Crippen LogP contribution in [0.5, 0.6) is 0 Å². The molecule has 1 atom stereocenters. The van der Waals surface area contributed by atoms with E-state index in [4.69, 9.17) is 0 Å². The van der Waals surface area contributed by atoms with E-state index in [0.29, 0.717) is 31.9 Å². The highest BCUT2D eigenvalue weighted by molar-refractivity contribution is 5.94. The molecular formula is C21H31F3N4O2. The average molecular weight is 428 g/mol. The number of amides is 2. The van der Waals surface area contributed by atoms with Crippen molar-refractivity contribution >= 4 is 17.5 Å². The molecule has 1 fully saturated rings. The molecule has 1 aliphatic rings. The lowest BCUT2D eigenvalue weighted by Crippen LogP contribution is -2.47. The van der Waals surface area contributed by atoms with Crippen LogP contribution in [0.3, 0.4) is 0 Å². The van der Waals surface area contributed by atoms with Crippen molar-refractivity contribution in [3.8, 4) is 0 Å². The van der Waals surface area contributed by atoms with Crippen LogP contribution < -0.4 is 10.6 Å². The molecule has 1 aromatic carbocycles. The molecule has 1 heterocycles. The van der Waals surface area contributed by atoms with Crippen LogP contribution in [0, 0.1) is 0 Å². The van der Waals surface area contributed by atoms with Crippen molar-refractivity contribution in [2.75, 3.05) is 38.0 Å². The van der Waals surface area contributed by atoms with Gasteiger partial charge in [0.25, 0.3) is 0 Å². The summed E-state index contributed by atoms with van der Waals surface area (Å²) in [5.74, 6) is -0.294. The zero-order valence-corrected chi connectivity index (χ0v) is 18.0. The molecule has 1 aliphatic heterocycles. The van der Waals surface area contributed by atoms with Crippen LogP contribution in [0.25, 0.3) is 0 Å². The number of alkyl halides is 3. The summed E-state index contributed by atoms with van der Waals surface area (Å²) in [5.41, 5.74) is -0.702. The van der Waals surface area contributed by atoms with E-state index in [1.807, 2.05) is 25.7 Å². The molecular weight excluding hydrogens is 397 g/mol. The minimum absolute atomic E-state index is 0.0240. The first-order valence-corrected chi connectivity index (χ1v) is 10.1. The van der Waals surface area contributed by atoms with Crippen molar-refractivity contribution in [1.29, 1.82) is 0 Å². The Bertz CT molecular complexity index is 729. The van der Waals surface area contributed by atoms with Crippen LogP contribution in [0.1, 0.15) is 39.7 Å². The topological polar surface area (TPSA) is 64.7 Å². The van der Waals surface area contributed by atoms with Crippen molar-refractivity contribution < 1.29 is 22.8 Å². The van der Waals surface area contributed by atoms with Gasteiger partial charge in [-0.05, 0) is 64.9 Å². The van der Waals surface area contributed by atoms with Gasteiger partial charge < -0.3 is 10.6 Å². The first kappa shape index (κ1) is 24.1. The smallest absolute Gasteiger partial charge is 0.350 e. The number of hydrogen-bond acceptors (Lipinski definition) is 4. The average Bonchev–Trinajstić information content (AvgIpc) is 2.84. The summed E-state index contributed by atoms with van der Waals surface area (Å²) in [7, 11) is 0. The Hall–Kier alpha value is -2.13. The highest BCUT2D eigenvalue weighted by Gasteiger charge is 2.30. The van der Waals surface area contributed by atoms with Gasteiger partial charge in [-0.25, -0.2) is 0 Å². The third kappa shape index (κ3) is 7.60. The van der Waals surface area contributed by atoms with Gasteiger partial charge in [0.2, 0.25) is 11.8 Å². The van der Waals surface area contributed by atoms with Crippen molar-refractivity contribution in [3.63, 3.8) is 0 Å². The number of hydrogen-bond donors (Lipinski definition) is 2. The summed E-state index contributed by atoms with van der Waals surface area (Å²) >= 11 is 0. The lowest BCUT2D eigenvalue weighted by Gasteiger charge is -2.27. The van der Waals surface area contributed by atoms with E-state index in [2.05, 4.69) is 15.5 Å². The maximum Gasteiger partial charge on any atom is 0.416 e. The minimum atomic E-state index is -4.41. The number of nitrogens with one attached hydrogen (secondary N) is 2. The Labute approximate surface area is 175 Å². The maximum absolute atomic E-state index is 12.7. The molecule has 0 unspecified atom stereocenters. The first-order valence-electron chi connectivity index (χ1n) is 10.1. The predicted molar refractivity (Wildman–Crippen MR) is 110 cm³/mol. The Kier molecular flexibility index (Phi) is 7.87. The van der Waals surface area contributed by atoms with E-state index < -0.39 is 17.8 Å². The summed E-state index contributed by atoms with van der Waals surface area (Å²) in [6.07, 6.45) is -3.59. The Balaban J connectivity index is 1.87. The fourth-order valence-corrected chi connectivity index (χ4v) is 3.35. The molecule has 168 valence electrons. The second-order valence-electron chi connectivity index (χ2n) is 8.70. The van der Waals surface area contributed by atoms with Crippen molar-refractivity contribution in [3.05, 3.63) is 29.8 Å².